The summed E-state index contributed by atoms with van der Waals surface area (Å²) in [5.41, 5.74) is 2.17. The summed E-state index contributed by atoms with van der Waals surface area (Å²) in [5.74, 6) is -0.210. The largest absolute Gasteiger partial charge is 0.478 e. The lowest BCUT2D eigenvalue weighted by molar-refractivity contribution is 0.0699. The number of aryl methyl sites for hydroxylation is 1. The average molecular weight is 412 g/mol. The molecule has 1 saturated heterocycles. The first-order chi connectivity index (χ1) is 14.1. The van der Waals surface area contributed by atoms with Crippen molar-refractivity contribution < 1.29 is 9.90 Å². The van der Waals surface area contributed by atoms with Crippen LogP contribution in [0.1, 0.15) is 29.3 Å². The molecule has 3 heterocycles. The van der Waals surface area contributed by atoms with Gasteiger partial charge in [0.2, 0.25) is 5.95 Å². The number of hydrogen-bond donors (Lipinski definition) is 2. The van der Waals surface area contributed by atoms with E-state index >= 15 is 0 Å². The van der Waals surface area contributed by atoms with Gasteiger partial charge in [-0.3, -0.25) is 5.01 Å². The third-order valence-electron chi connectivity index (χ3n) is 5.09. The number of carbonyl (C=O) groups is 1. The first-order valence-electron chi connectivity index (χ1n) is 9.91. The Bertz CT molecular complexity index is 1030. The van der Waals surface area contributed by atoms with Crippen LogP contribution in [-0.4, -0.2) is 58.8 Å². The van der Waals surface area contributed by atoms with Gasteiger partial charge in [0.05, 0.1) is 16.1 Å². The van der Waals surface area contributed by atoms with Crippen molar-refractivity contribution in [2.24, 2.45) is 0 Å². The van der Waals surface area contributed by atoms with Crippen LogP contribution in [0.5, 0.6) is 0 Å². The van der Waals surface area contributed by atoms with Crippen molar-refractivity contribution in [1.82, 2.24) is 20.3 Å². The van der Waals surface area contributed by atoms with Gasteiger partial charge in [-0.05, 0) is 37.1 Å². The van der Waals surface area contributed by atoms with E-state index < -0.39 is 5.97 Å². The van der Waals surface area contributed by atoms with Crippen molar-refractivity contribution in [3.05, 3.63) is 41.6 Å². The lowest BCUT2D eigenvalue weighted by Gasteiger charge is -2.37. The second kappa shape index (κ2) is 8.44. The minimum Gasteiger partial charge on any atom is -0.478 e. The van der Waals surface area contributed by atoms with E-state index in [-0.39, 0.29) is 0 Å². The summed E-state index contributed by atoms with van der Waals surface area (Å²) in [6, 6.07) is 7.33. The number of anilines is 1. The minimum atomic E-state index is -0.909. The van der Waals surface area contributed by atoms with Crippen LogP contribution in [0.15, 0.2) is 30.5 Å². The fourth-order valence-electron chi connectivity index (χ4n) is 3.64. The highest BCUT2D eigenvalue weighted by atomic mass is 32.1. The number of hydrazine groups is 1. The van der Waals surface area contributed by atoms with Crippen molar-refractivity contribution >= 4 is 33.3 Å². The number of piperazine rings is 1. The standard InChI is InChI=1S/C21H25N5O2S/c1-3-9-26(25-10-7-22-8-11-25)21-23-13-14(2)19(24-21)18-12-16-15(20(27)28)5-4-6-17(16)29-18/h4-6,12-13,22H,3,7-11H2,1-2H3,(H,27,28). The third kappa shape index (κ3) is 3.96. The molecule has 152 valence electrons. The molecule has 2 aromatic heterocycles. The maximum absolute atomic E-state index is 11.6. The van der Waals surface area contributed by atoms with Gasteiger partial charge < -0.3 is 10.4 Å². The third-order valence-corrected chi connectivity index (χ3v) is 6.19. The van der Waals surface area contributed by atoms with Crippen molar-refractivity contribution in [1.29, 1.82) is 0 Å². The number of aromatic carboxylic acids is 1. The summed E-state index contributed by atoms with van der Waals surface area (Å²) >= 11 is 1.57. The number of rotatable bonds is 6. The van der Waals surface area contributed by atoms with Gasteiger partial charge in [0, 0.05) is 49.0 Å². The molecule has 1 aliphatic heterocycles. The Morgan fingerprint density at radius 2 is 2.14 bits per heavy atom. The van der Waals surface area contributed by atoms with E-state index in [2.05, 4.69) is 27.2 Å². The number of carboxylic acids is 1. The van der Waals surface area contributed by atoms with Crippen molar-refractivity contribution in [2.45, 2.75) is 20.3 Å². The molecule has 3 aromatic rings. The number of thiophene rings is 1. The van der Waals surface area contributed by atoms with E-state index in [1.165, 1.54) is 0 Å². The van der Waals surface area contributed by atoms with Crippen molar-refractivity contribution in [3.63, 3.8) is 0 Å². The second-order valence-electron chi connectivity index (χ2n) is 7.16. The van der Waals surface area contributed by atoms with E-state index in [0.29, 0.717) is 11.5 Å². The zero-order chi connectivity index (χ0) is 20.4. The monoisotopic (exact) mass is 411 g/mol. The molecule has 0 saturated carbocycles. The van der Waals surface area contributed by atoms with Crippen LogP contribution in [0, 0.1) is 6.92 Å². The zero-order valence-electron chi connectivity index (χ0n) is 16.7. The Morgan fingerprint density at radius 3 is 2.86 bits per heavy atom. The highest BCUT2D eigenvalue weighted by molar-refractivity contribution is 7.22. The summed E-state index contributed by atoms with van der Waals surface area (Å²) in [5, 5.41) is 18.1. The molecule has 7 nitrogen and oxygen atoms in total. The topological polar surface area (TPSA) is 81.6 Å². The maximum atomic E-state index is 11.6. The number of hydrogen-bond acceptors (Lipinski definition) is 7. The molecule has 0 unspecified atom stereocenters. The molecule has 0 spiro atoms. The van der Waals surface area contributed by atoms with E-state index in [1.807, 2.05) is 25.3 Å². The summed E-state index contributed by atoms with van der Waals surface area (Å²) < 4.78 is 0.951. The zero-order valence-corrected chi connectivity index (χ0v) is 17.5. The molecule has 29 heavy (non-hydrogen) atoms. The molecule has 1 aromatic carbocycles. The van der Waals surface area contributed by atoms with Crippen LogP contribution in [0.3, 0.4) is 0 Å². The van der Waals surface area contributed by atoms with E-state index in [0.717, 1.165) is 65.4 Å². The average Bonchev–Trinajstić information content (AvgIpc) is 3.17. The molecule has 8 heteroatoms. The number of nitrogens with one attached hydrogen (secondary N) is 1. The number of carboxylic acid groups (broad SMARTS) is 1. The summed E-state index contributed by atoms with van der Waals surface area (Å²) in [6.07, 6.45) is 2.87. The van der Waals surface area contributed by atoms with Crippen molar-refractivity contribution in [2.75, 3.05) is 37.7 Å². The molecule has 1 fully saturated rings. The molecule has 4 rings (SSSR count). The second-order valence-corrected chi connectivity index (χ2v) is 8.25. The van der Waals surface area contributed by atoms with Gasteiger partial charge in [-0.2, -0.15) is 0 Å². The SMILES string of the molecule is CCCN(c1ncc(C)c(-c2cc3c(C(=O)O)cccc3s2)n1)N1CCNCC1. The highest BCUT2D eigenvalue weighted by Gasteiger charge is 2.22. The van der Waals surface area contributed by atoms with Gasteiger partial charge in [-0.1, -0.05) is 13.0 Å². The van der Waals surface area contributed by atoms with Crippen molar-refractivity contribution in [3.8, 4) is 10.6 Å². The first-order valence-corrected chi connectivity index (χ1v) is 10.7. The number of nitrogens with zero attached hydrogens (tertiary/aromatic N) is 4. The molecule has 0 bridgehead atoms. The Hall–Kier alpha value is -2.55. The van der Waals surface area contributed by atoms with Crippen LogP contribution in [-0.2, 0) is 0 Å². The van der Waals surface area contributed by atoms with Crippen LogP contribution < -0.4 is 10.3 Å². The molecule has 2 N–H and O–H groups in total. The number of aromatic nitrogens is 2. The normalized spacial score (nSPS) is 15.0. The lowest BCUT2D eigenvalue weighted by Crippen LogP contribution is -2.53. The summed E-state index contributed by atoms with van der Waals surface area (Å²) in [4.78, 5) is 22.1. The Balaban J connectivity index is 1.76. The predicted octanol–water partition coefficient (Wildman–Crippen LogP) is 3.40. The Kier molecular flexibility index (Phi) is 5.75. The molecule has 1 aliphatic rings. The molecule has 0 aliphatic carbocycles. The van der Waals surface area contributed by atoms with E-state index in [9.17, 15) is 9.90 Å². The van der Waals surface area contributed by atoms with E-state index in [1.54, 1.807) is 23.5 Å². The lowest BCUT2D eigenvalue weighted by atomic mass is 10.1. The van der Waals surface area contributed by atoms with Gasteiger partial charge >= 0.3 is 5.97 Å². The number of fused-ring (bicyclic) bond motifs is 1. The predicted molar refractivity (Wildman–Crippen MR) is 117 cm³/mol. The molecule has 0 radical (unpaired) electrons. The summed E-state index contributed by atoms with van der Waals surface area (Å²) in [7, 11) is 0. The molecule has 0 atom stereocenters. The molecular formula is C21H25N5O2S. The molecule has 0 amide bonds. The molecular weight excluding hydrogens is 386 g/mol. The summed E-state index contributed by atoms with van der Waals surface area (Å²) in [6.45, 7) is 8.77. The van der Waals surface area contributed by atoms with Crippen LogP contribution in [0.25, 0.3) is 20.7 Å². The first kappa shape index (κ1) is 19.8. The van der Waals surface area contributed by atoms with Gasteiger partial charge in [-0.15, -0.1) is 11.3 Å². The number of benzene rings is 1. The van der Waals surface area contributed by atoms with Crippen LogP contribution in [0.2, 0.25) is 0 Å². The fraction of sp³-hybridized carbons (Fsp3) is 0.381. The smallest absolute Gasteiger partial charge is 0.336 e. The quantitative estimate of drug-likeness (QED) is 0.643. The Labute approximate surface area is 174 Å². The van der Waals surface area contributed by atoms with E-state index in [4.69, 9.17) is 4.98 Å². The van der Waals surface area contributed by atoms with Gasteiger partial charge in [-0.25, -0.2) is 19.8 Å². The Morgan fingerprint density at radius 1 is 1.34 bits per heavy atom. The van der Waals surface area contributed by atoms with Gasteiger partial charge in [0.25, 0.3) is 0 Å². The van der Waals surface area contributed by atoms with Gasteiger partial charge in [0.15, 0.2) is 0 Å². The van der Waals surface area contributed by atoms with Crippen LogP contribution in [0.4, 0.5) is 5.95 Å². The van der Waals surface area contributed by atoms with Gasteiger partial charge in [0.1, 0.15) is 0 Å². The fourth-order valence-corrected chi connectivity index (χ4v) is 4.79. The highest BCUT2D eigenvalue weighted by Crippen LogP contribution is 2.36. The van der Waals surface area contributed by atoms with Crippen LogP contribution >= 0.6 is 11.3 Å². The minimum absolute atomic E-state index is 0.324. The maximum Gasteiger partial charge on any atom is 0.336 e.